The summed E-state index contributed by atoms with van der Waals surface area (Å²) in [7, 11) is 0. The molecule has 146 valence electrons. The van der Waals surface area contributed by atoms with Crippen molar-refractivity contribution in [1.82, 2.24) is 20.2 Å². The van der Waals surface area contributed by atoms with Gasteiger partial charge >= 0.3 is 0 Å². The molecule has 2 heterocycles. The Labute approximate surface area is 192 Å². The highest BCUT2D eigenvalue weighted by molar-refractivity contribution is 14.1. The lowest BCUT2D eigenvalue weighted by Gasteiger charge is -2.34. The first-order valence-electron chi connectivity index (χ1n) is 9.50. The van der Waals surface area contributed by atoms with E-state index in [1.54, 1.807) is 16.1 Å². The van der Waals surface area contributed by atoms with Crippen LogP contribution in [-0.4, -0.2) is 20.2 Å². The molecule has 6 heteroatoms. The molecule has 0 spiro atoms. The third-order valence-electron chi connectivity index (χ3n) is 5.15. The lowest BCUT2D eigenvalue weighted by Crippen LogP contribution is -2.39. The maximum Gasteiger partial charge on any atom is 0.206 e. The van der Waals surface area contributed by atoms with E-state index >= 15 is 0 Å². The number of hydrogen-bond donors (Lipinski definition) is 0. The maximum absolute atomic E-state index is 4.91. The summed E-state index contributed by atoms with van der Waals surface area (Å²) in [5.41, 5.74) is 3.50. The van der Waals surface area contributed by atoms with E-state index in [0.717, 1.165) is 25.1 Å². The third kappa shape index (κ3) is 3.16. The Balaban J connectivity index is 1.83. The molecule has 0 amide bonds. The molecule has 30 heavy (non-hydrogen) atoms. The van der Waals surface area contributed by atoms with Gasteiger partial charge in [0, 0.05) is 5.56 Å². The SMILES string of the molecule is Ic1sccc1-c1nnn(C(c2ccccc2)(c2ccccc2)c2ccccc2)n1. The van der Waals surface area contributed by atoms with Crippen LogP contribution in [0.15, 0.2) is 102 Å². The van der Waals surface area contributed by atoms with Crippen molar-refractivity contribution in [3.63, 3.8) is 0 Å². The topological polar surface area (TPSA) is 43.6 Å². The van der Waals surface area contributed by atoms with Crippen molar-refractivity contribution in [3.05, 3.63) is 122 Å². The predicted molar refractivity (Wildman–Crippen MR) is 128 cm³/mol. The highest BCUT2D eigenvalue weighted by Crippen LogP contribution is 2.40. The minimum atomic E-state index is -0.740. The fourth-order valence-corrected chi connectivity index (χ4v) is 5.27. The zero-order chi connectivity index (χ0) is 20.4. The molecule has 0 aliphatic heterocycles. The van der Waals surface area contributed by atoms with Crippen LogP contribution in [0.3, 0.4) is 0 Å². The van der Waals surface area contributed by atoms with Crippen LogP contribution >= 0.6 is 33.9 Å². The molecule has 0 aliphatic rings. The number of thiophene rings is 1. The molecular formula is C24H17IN4S. The van der Waals surface area contributed by atoms with Crippen LogP contribution in [0.4, 0.5) is 0 Å². The van der Waals surface area contributed by atoms with Crippen molar-refractivity contribution in [2.24, 2.45) is 0 Å². The zero-order valence-electron chi connectivity index (χ0n) is 15.9. The molecule has 0 aliphatic carbocycles. The Morgan fingerprint density at radius 1 is 0.700 bits per heavy atom. The van der Waals surface area contributed by atoms with Crippen LogP contribution in [0.2, 0.25) is 0 Å². The summed E-state index contributed by atoms with van der Waals surface area (Å²) in [4.78, 5) is 1.76. The number of nitrogens with zero attached hydrogens (tertiary/aromatic N) is 4. The van der Waals surface area contributed by atoms with Crippen molar-refractivity contribution >= 4 is 33.9 Å². The van der Waals surface area contributed by atoms with E-state index in [2.05, 4.69) is 111 Å². The summed E-state index contributed by atoms with van der Waals surface area (Å²) in [6, 6.07) is 33.2. The van der Waals surface area contributed by atoms with Gasteiger partial charge in [-0.1, -0.05) is 91.0 Å². The summed E-state index contributed by atoms with van der Waals surface area (Å²) in [5.74, 6) is 0.632. The van der Waals surface area contributed by atoms with Gasteiger partial charge in [-0.2, -0.15) is 0 Å². The van der Waals surface area contributed by atoms with E-state index in [1.807, 2.05) is 24.3 Å². The van der Waals surface area contributed by atoms with E-state index in [-0.39, 0.29) is 0 Å². The smallest absolute Gasteiger partial charge is 0.144 e. The van der Waals surface area contributed by atoms with Crippen molar-refractivity contribution in [2.45, 2.75) is 5.54 Å². The summed E-state index contributed by atoms with van der Waals surface area (Å²) in [6.45, 7) is 0. The number of rotatable bonds is 5. The fraction of sp³-hybridized carbons (Fsp3) is 0.0417. The van der Waals surface area contributed by atoms with Gasteiger partial charge in [0.1, 0.15) is 0 Å². The monoisotopic (exact) mass is 520 g/mol. The standard InChI is InChI=1S/C24H17IN4S/c25-22-21(16-17-30-22)23-26-28-29(27-23)24(18-10-4-1-5-11-18,19-12-6-2-7-13-19)20-14-8-3-9-15-20/h1-17H. The predicted octanol–water partition coefficient (Wildman–Crippen LogP) is 5.85. The van der Waals surface area contributed by atoms with Gasteiger partial charge in [-0.25, -0.2) is 0 Å². The molecule has 4 nitrogen and oxygen atoms in total. The van der Waals surface area contributed by atoms with Gasteiger partial charge in [0.05, 0.1) is 2.88 Å². The fourth-order valence-electron chi connectivity index (χ4n) is 3.80. The second kappa shape index (κ2) is 8.12. The Bertz CT molecular complexity index is 1150. The number of aromatic nitrogens is 4. The van der Waals surface area contributed by atoms with Gasteiger partial charge in [0.25, 0.3) is 0 Å². The van der Waals surface area contributed by atoms with Crippen LogP contribution in [0.1, 0.15) is 16.7 Å². The average Bonchev–Trinajstić information content (AvgIpc) is 3.46. The zero-order valence-corrected chi connectivity index (χ0v) is 18.9. The van der Waals surface area contributed by atoms with E-state index < -0.39 is 5.54 Å². The Morgan fingerprint density at radius 3 is 1.63 bits per heavy atom. The lowest BCUT2D eigenvalue weighted by atomic mass is 9.77. The molecule has 0 bridgehead atoms. The normalized spacial score (nSPS) is 11.5. The van der Waals surface area contributed by atoms with E-state index in [9.17, 15) is 0 Å². The van der Waals surface area contributed by atoms with E-state index in [0.29, 0.717) is 5.82 Å². The number of hydrogen-bond acceptors (Lipinski definition) is 4. The van der Waals surface area contributed by atoms with E-state index in [4.69, 9.17) is 5.10 Å². The molecule has 5 aromatic rings. The second-order valence-electron chi connectivity index (χ2n) is 6.82. The van der Waals surface area contributed by atoms with Gasteiger partial charge in [-0.3, -0.25) is 0 Å². The van der Waals surface area contributed by atoms with Gasteiger partial charge < -0.3 is 0 Å². The minimum absolute atomic E-state index is 0.632. The lowest BCUT2D eigenvalue weighted by molar-refractivity contribution is 0.396. The Kier molecular flexibility index (Phi) is 5.18. The number of halogens is 1. The minimum Gasteiger partial charge on any atom is -0.144 e. The van der Waals surface area contributed by atoms with Crippen LogP contribution in [0, 0.1) is 2.88 Å². The molecule has 0 N–H and O–H groups in total. The molecule has 0 atom stereocenters. The van der Waals surface area contributed by atoms with Crippen molar-refractivity contribution in [3.8, 4) is 11.4 Å². The van der Waals surface area contributed by atoms with Gasteiger partial charge in [-0.15, -0.1) is 26.3 Å². The molecule has 0 saturated heterocycles. The first kappa shape index (κ1) is 19.1. The molecule has 3 aromatic carbocycles. The van der Waals surface area contributed by atoms with E-state index in [1.165, 1.54) is 0 Å². The third-order valence-corrected chi connectivity index (χ3v) is 7.19. The van der Waals surface area contributed by atoms with Crippen LogP contribution in [-0.2, 0) is 5.54 Å². The summed E-state index contributed by atoms with van der Waals surface area (Å²) in [6.07, 6.45) is 0. The first-order valence-corrected chi connectivity index (χ1v) is 11.5. The van der Waals surface area contributed by atoms with Gasteiger partial charge in [0.15, 0.2) is 5.54 Å². The van der Waals surface area contributed by atoms with Crippen molar-refractivity contribution in [1.29, 1.82) is 0 Å². The molecule has 5 rings (SSSR count). The van der Waals surface area contributed by atoms with Crippen LogP contribution in [0.5, 0.6) is 0 Å². The van der Waals surface area contributed by atoms with Crippen molar-refractivity contribution in [2.75, 3.05) is 0 Å². The van der Waals surface area contributed by atoms with Gasteiger partial charge in [0.2, 0.25) is 5.82 Å². The maximum atomic E-state index is 4.91. The Hall–Kier alpha value is -2.84. The molecule has 0 radical (unpaired) electrons. The largest absolute Gasteiger partial charge is 0.206 e. The number of benzene rings is 3. The molecule has 0 unspecified atom stereocenters. The molecule has 2 aromatic heterocycles. The number of tetrazole rings is 1. The van der Waals surface area contributed by atoms with Crippen LogP contribution in [0.25, 0.3) is 11.4 Å². The summed E-state index contributed by atoms with van der Waals surface area (Å²) >= 11 is 4.00. The summed E-state index contributed by atoms with van der Waals surface area (Å²) < 4.78 is 1.15. The van der Waals surface area contributed by atoms with Gasteiger partial charge in [-0.05, 0) is 55.9 Å². The highest BCUT2D eigenvalue weighted by Gasteiger charge is 2.41. The molecular weight excluding hydrogens is 503 g/mol. The van der Waals surface area contributed by atoms with Crippen LogP contribution < -0.4 is 0 Å². The molecule has 0 saturated carbocycles. The Morgan fingerprint density at radius 2 is 1.20 bits per heavy atom. The van der Waals surface area contributed by atoms with Crippen molar-refractivity contribution < 1.29 is 0 Å². The highest BCUT2D eigenvalue weighted by atomic mass is 127. The molecule has 0 fully saturated rings. The quantitative estimate of drug-likeness (QED) is 0.216. The summed E-state index contributed by atoms with van der Waals surface area (Å²) in [5, 5.41) is 16.0. The first-order chi connectivity index (χ1) is 14.8. The second-order valence-corrected chi connectivity index (χ2v) is 9.55. The average molecular weight is 520 g/mol.